The molecular formula is C28H37NO3. The topological polar surface area (TPSA) is 49.8 Å². The van der Waals surface area contributed by atoms with Gasteiger partial charge in [0.25, 0.3) is 0 Å². The minimum Gasteiger partial charge on any atom is -0.494 e. The summed E-state index contributed by atoms with van der Waals surface area (Å²) in [7, 11) is 0. The molecule has 0 radical (unpaired) electrons. The summed E-state index contributed by atoms with van der Waals surface area (Å²) < 4.78 is 5.98. The molecule has 172 valence electrons. The van der Waals surface area contributed by atoms with Crippen molar-refractivity contribution in [3.63, 3.8) is 0 Å². The number of hydrogen-bond acceptors (Lipinski definition) is 3. The van der Waals surface area contributed by atoms with Gasteiger partial charge in [-0.3, -0.25) is 9.69 Å². The molecule has 1 atom stereocenters. The molecule has 32 heavy (non-hydrogen) atoms. The standard InChI is InChI=1S/C28H37NO3/c1-21-19-24(32-18-8-11-22-9-6-5-7-10-22)12-13-25(21)23-14-16-29(17-15-23)20-26(27(30)31)28(2,3)4/h5-7,9-10,12-14,19,26H,8,11,15-18,20H2,1-4H3,(H,30,31). The average molecular weight is 436 g/mol. The van der Waals surface area contributed by atoms with E-state index in [4.69, 9.17) is 4.74 Å². The molecule has 4 heteroatoms. The minimum absolute atomic E-state index is 0.247. The van der Waals surface area contributed by atoms with Gasteiger partial charge in [-0.05, 0) is 66.0 Å². The Kier molecular flexibility index (Phi) is 8.14. The Morgan fingerprint density at radius 2 is 1.91 bits per heavy atom. The number of benzene rings is 2. The molecule has 4 nitrogen and oxygen atoms in total. The molecule has 1 aliphatic heterocycles. The second-order valence-corrected chi connectivity index (χ2v) is 9.91. The molecule has 0 fully saturated rings. The zero-order chi connectivity index (χ0) is 23.1. The van der Waals surface area contributed by atoms with Crippen LogP contribution in [0.3, 0.4) is 0 Å². The fraction of sp³-hybridized carbons (Fsp3) is 0.464. The first-order valence-corrected chi connectivity index (χ1v) is 11.7. The number of nitrogens with zero attached hydrogens (tertiary/aromatic N) is 1. The van der Waals surface area contributed by atoms with Crippen LogP contribution < -0.4 is 4.74 Å². The molecule has 0 saturated heterocycles. The van der Waals surface area contributed by atoms with Gasteiger partial charge >= 0.3 is 5.97 Å². The van der Waals surface area contributed by atoms with Crippen LogP contribution in [0.5, 0.6) is 5.75 Å². The highest BCUT2D eigenvalue weighted by Crippen LogP contribution is 2.31. The van der Waals surface area contributed by atoms with Gasteiger partial charge in [-0.15, -0.1) is 0 Å². The van der Waals surface area contributed by atoms with E-state index in [0.717, 1.165) is 38.1 Å². The third kappa shape index (κ3) is 6.70. The number of carboxylic acids is 1. The maximum absolute atomic E-state index is 11.7. The Balaban J connectivity index is 1.53. The first-order chi connectivity index (χ1) is 15.2. The van der Waals surface area contributed by atoms with Crippen LogP contribution in [-0.2, 0) is 11.2 Å². The Bertz CT molecular complexity index is 927. The van der Waals surface area contributed by atoms with Crippen molar-refractivity contribution in [1.29, 1.82) is 0 Å². The lowest BCUT2D eigenvalue weighted by molar-refractivity contribution is -0.146. The van der Waals surface area contributed by atoms with Gasteiger partial charge in [-0.2, -0.15) is 0 Å². The molecular weight excluding hydrogens is 398 g/mol. The molecule has 0 bridgehead atoms. The molecule has 0 saturated carbocycles. The fourth-order valence-corrected chi connectivity index (χ4v) is 4.30. The van der Waals surface area contributed by atoms with Gasteiger partial charge in [0, 0.05) is 19.6 Å². The van der Waals surface area contributed by atoms with Crippen molar-refractivity contribution >= 4 is 11.5 Å². The van der Waals surface area contributed by atoms with Crippen molar-refractivity contribution in [3.05, 3.63) is 71.3 Å². The first kappa shape index (κ1) is 24.1. The van der Waals surface area contributed by atoms with Crippen LogP contribution in [0, 0.1) is 18.3 Å². The number of carboxylic acid groups (broad SMARTS) is 1. The average Bonchev–Trinajstić information content (AvgIpc) is 2.75. The van der Waals surface area contributed by atoms with E-state index in [9.17, 15) is 9.90 Å². The second-order valence-electron chi connectivity index (χ2n) is 9.91. The van der Waals surface area contributed by atoms with Crippen LogP contribution in [0.15, 0.2) is 54.6 Å². The summed E-state index contributed by atoms with van der Waals surface area (Å²) in [5.41, 5.74) is 4.94. The largest absolute Gasteiger partial charge is 0.494 e. The Morgan fingerprint density at radius 3 is 2.50 bits per heavy atom. The lowest BCUT2D eigenvalue weighted by atomic mass is 9.80. The van der Waals surface area contributed by atoms with E-state index in [2.05, 4.69) is 60.4 Å². The SMILES string of the molecule is Cc1cc(OCCCc2ccccc2)ccc1C1=CCN(CC(C(=O)O)C(C)(C)C)CC1. The highest BCUT2D eigenvalue weighted by Gasteiger charge is 2.33. The van der Waals surface area contributed by atoms with Crippen LogP contribution in [0.2, 0.25) is 0 Å². The third-order valence-corrected chi connectivity index (χ3v) is 6.34. The molecule has 0 aromatic heterocycles. The van der Waals surface area contributed by atoms with Crippen molar-refractivity contribution in [2.75, 3.05) is 26.2 Å². The number of ether oxygens (including phenoxy) is 1. The number of rotatable bonds is 9. The molecule has 1 N–H and O–H groups in total. The lowest BCUT2D eigenvalue weighted by Crippen LogP contribution is -2.41. The maximum atomic E-state index is 11.7. The van der Waals surface area contributed by atoms with E-state index in [-0.39, 0.29) is 11.3 Å². The first-order valence-electron chi connectivity index (χ1n) is 11.7. The number of aliphatic carboxylic acids is 1. The molecule has 0 aliphatic carbocycles. The van der Waals surface area contributed by atoms with Crippen LogP contribution in [0.1, 0.15) is 50.3 Å². The van der Waals surface area contributed by atoms with Crippen LogP contribution >= 0.6 is 0 Å². The van der Waals surface area contributed by atoms with Gasteiger partial charge in [0.1, 0.15) is 5.75 Å². The molecule has 2 aromatic rings. The molecule has 2 aromatic carbocycles. The van der Waals surface area contributed by atoms with Crippen molar-refractivity contribution in [3.8, 4) is 5.75 Å². The molecule has 1 heterocycles. The minimum atomic E-state index is -0.706. The maximum Gasteiger partial charge on any atom is 0.308 e. The van der Waals surface area contributed by atoms with Gasteiger partial charge in [-0.1, -0.05) is 63.2 Å². The second kappa shape index (κ2) is 10.8. The quantitative estimate of drug-likeness (QED) is 0.503. The van der Waals surface area contributed by atoms with E-state index in [1.165, 1.54) is 22.3 Å². The summed E-state index contributed by atoms with van der Waals surface area (Å²) in [6.07, 6.45) is 5.22. The predicted octanol–water partition coefficient (Wildman–Crippen LogP) is 5.84. The molecule has 1 aliphatic rings. The van der Waals surface area contributed by atoms with Crippen molar-refractivity contribution < 1.29 is 14.6 Å². The van der Waals surface area contributed by atoms with Gasteiger partial charge < -0.3 is 9.84 Å². The summed E-state index contributed by atoms with van der Waals surface area (Å²) in [6.45, 7) is 11.2. The molecule has 0 amide bonds. The fourth-order valence-electron chi connectivity index (χ4n) is 4.30. The van der Waals surface area contributed by atoms with Crippen molar-refractivity contribution in [2.24, 2.45) is 11.3 Å². The summed E-state index contributed by atoms with van der Waals surface area (Å²) in [5, 5.41) is 9.61. The van der Waals surface area contributed by atoms with Crippen molar-refractivity contribution in [1.82, 2.24) is 4.90 Å². The monoisotopic (exact) mass is 435 g/mol. The van der Waals surface area contributed by atoms with Crippen LogP contribution in [0.25, 0.3) is 5.57 Å². The Morgan fingerprint density at radius 1 is 1.16 bits per heavy atom. The van der Waals surface area contributed by atoms with Gasteiger partial charge in [0.15, 0.2) is 0 Å². The van der Waals surface area contributed by atoms with Gasteiger partial charge in [0.05, 0.1) is 12.5 Å². The number of hydrogen-bond donors (Lipinski definition) is 1. The number of aryl methyl sites for hydroxylation is 2. The van der Waals surface area contributed by atoms with Crippen LogP contribution in [0.4, 0.5) is 0 Å². The molecule has 0 spiro atoms. The zero-order valence-corrected chi connectivity index (χ0v) is 19.9. The predicted molar refractivity (Wildman–Crippen MR) is 131 cm³/mol. The molecule has 1 unspecified atom stereocenters. The highest BCUT2D eigenvalue weighted by molar-refractivity contribution is 5.72. The number of carbonyl (C=O) groups is 1. The normalized spacial score (nSPS) is 15.8. The van der Waals surface area contributed by atoms with Gasteiger partial charge in [-0.25, -0.2) is 0 Å². The molecule has 3 rings (SSSR count). The van der Waals surface area contributed by atoms with Crippen LogP contribution in [-0.4, -0.2) is 42.2 Å². The highest BCUT2D eigenvalue weighted by atomic mass is 16.5. The van der Waals surface area contributed by atoms with E-state index in [1.807, 2.05) is 26.8 Å². The van der Waals surface area contributed by atoms with Gasteiger partial charge in [0.2, 0.25) is 0 Å². The lowest BCUT2D eigenvalue weighted by Gasteiger charge is -2.34. The van der Waals surface area contributed by atoms with E-state index in [0.29, 0.717) is 13.2 Å². The summed E-state index contributed by atoms with van der Waals surface area (Å²) in [4.78, 5) is 14.0. The zero-order valence-electron chi connectivity index (χ0n) is 19.9. The Labute approximate surface area is 192 Å². The van der Waals surface area contributed by atoms with Crippen molar-refractivity contribution in [2.45, 2.75) is 47.0 Å². The van der Waals surface area contributed by atoms with E-state index in [1.54, 1.807) is 0 Å². The van der Waals surface area contributed by atoms with E-state index >= 15 is 0 Å². The summed E-state index contributed by atoms with van der Waals surface area (Å²) in [5.74, 6) is -0.146. The summed E-state index contributed by atoms with van der Waals surface area (Å²) in [6, 6.07) is 16.9. The summed E-state index contributed by atoms with van der Waals surface area (Å²) >= 11 is 0. The third-order valence-electron chi connectivity index (χ3n) is 6.34. The van der Waals surface area contributed by atoms with E-state index < -0.39 is 5.97 Å². The Hall–Kier alpha value is -2.59. The smallest absolute Gasteiger partial charge is 0.308 e.